The van der Waals surface area contributed by atoms with Gasteiger partial charge in [-0.25, -0.2) is 4.39 Å². The molecule has 1 atom stereocenters. The van der Waals surface area contributed by atoms with E-state index in [1.807, 2.05) is 6.92 Å². The number of nitrogens with zero attached hydrogens (tertiary/aromatic N) is 1. The zero-order valence-electron chi connectivity index (χ0n) is 14.9. The Balaban J connectivity index is 1.47. The lowest BCUT2D eigenvalue weighted by Crippen LogP contribution is -2.40. The molecule has 1 amide bonds. The van der Waals surface area contributed by atoms with Crippen molar-refractivity contribution in [3.05, 3.63) is 69.9 Å². The lowest BCUT2D eigenvalue weighted by Gasteiger charge is -2.32. The Hall–Kier alpha value is -1.72. The maximum atomic E-state index is 13.0. The van der Waals surface area contributed by atoms with Crippen LogP contribution in [-0.4, -0.2) is 23.9 Å². The van der Waals surface area contributed by atoms with Gasteiger partial charge >= 0.3 is 0 Å². The van der Waals surface area contributed by atoms with Crippen LogP contribution in [0.4, 0.5) is 4.39 Å². The van der Waals surface area contributed by atoms with Crippen LogP contribution in [0.25, 0.3) is 0 Å². The average Bonchev–Trinajstić information content (AvgIpc) is 2.64. The Morgan fingerprint density at radius 1 is 1.15 bits per heavy atom. The van der Waals surface area contributed by atoms with Crippen molar-refractivity contribution in [3.8, 4) is 0 Å². The van der Waals surface area contributed by atoms with Gasteiger partial charge in [0.25, 0.3) is 0 Å². The second kappa shape index (κ2) is 8.78. The van der Waals surface area contributed by atoms with E-state index >= 15 is 0 Å². The van der Waals surface area contributed by atoms with Crippen LogP contribution in [0.5, 0.6) is 0 Å². The number of hydrogen-bond donors (Lipinski definition) is 1. The van der Waals surface area contributed by atoms with Gasteiger partial charge in [-0.3, -0.25) is 9.69 Å². The minimum absolute atomic E-state index is 0.0547. The first-order valence-corrected chi connectivity index (χ1v) is 9.83. The fourth-order valence-electron chi connectivity index (χ4n) is 3.37. The van der Waals surface area contributed by atoms with Crippen molar-refractivity contribution < 1.29 is 9.18 Å². The molecule has 2 aromatic rings. The van der Waals surface area contributed by atoms with E-state index in [1.54, 1.807) is 12.1 Å². The Bertz CT molecular complexity index is 725. The molecule has 1 saturated heterocycles. The summed E-state index contributed by atoms with van der Waals surface area (Å²) < 4.78 is 14.1. The number of piperidine rings is 1. The van der Waals surface area contributed by atoms with Crippen molar-refractivity contribution in [2.75, 3.05) is 13.1 Å². The molecule has 1 unspecified atom stereocenters. The van der Waals surface area contributed by atoms with E-state index in [4.69, 9.17) is 0 Å². The summed E-state index contributed by atoms with van der Waals surface area (Å²) in [6.07, 6.45) is 1.75. The van der Waals surface area contributed by atoms with Crippen molar-refractivity contribution in [3.63, 3.8) is 0 Å². The number of nitrogens with one attached hydrogen (secondary N) is 1. The first-order chi connectivity index (χ1) is 12.5. The van der Waals surface area contributed by atoms with Gasteiger partial charge in [0.05, 0.1) is 6.04 Å². The molecule has 1 fully saturated rings. The van der Waals surface area contributed by atoms with Crippen LogP contribution in [0, 0.1) is 11.7 Å². The summed E-state index contributed by atoms with van der Waals surface area (Å²) in [4.78, 5) is 14.9. The highest BCUT2D eigenvalue weighted by Crippen LogP contribution is 2.22. The third-order valence-electron chi connectivity index (χ3n) is 5.01. The Morgan fingerprint density at radius 2 is 1.77 bits per heavy atom. The van der Waals surface area contributed by atoms with E-state index in [-0.39, 0.29) is 23.7 Å². The molecule has 0 saturated carbocycles. The third-order valence-corrected chi connectivity index (χ3v) is 5.54. The average molecular weight is 419 g/mol. The Morgan fingerprint density at radius 3 is 2.38 bits per heavy atom. The fourth-order valence-corrected chi connectivity index (χ4v) is 3.63. The molecular formula is C21H24BrFN2O. The summed E-state index contributed by atoms with van der Waals surface area (Å²) in [6, 6.07) is 14.6. The molecule has 0 aromatic heterocycles. The maximum absolute atomic E-state index is 13.0. The van der Waals surface area contributed by atoms with Gasteiger partial charge in [0.15, 0.2) is 0 Å². The smallest absolute Gasteiger partial charge is 0.223 e. The number of carbonyl (C=O) groups excluding carboxylic acids is 1. The highest BCUT2D eigenvalue weighted by Gasteiger charge is 2.26. The second-order valence-electron chi connectivity index (χ2n) is 6.96. The van der Waals surface area contributed by atoms with Gasteiger partial charge in [0, 0.05) is 16.9 Å². The van der Waals surface area contributed by atoms with E-state index in [9.17, 15) is 9.18 Å². The van der Waals surface area contributed by atoms with Gasteiger partial charge in [-0.2, -0.15) is 0 Å². The number of carbonyl (C=O) groups is 1. The highest BCUT2D eigenvalue weighted by atomic mass is 79.9. The van der Waals surface area contributed by atoms with Gasteiger partial charge < -0.3 is 5.32 Å². The van der Waals surface area contributed by atoms with Gasteiger partial charge in [-0.1, -0.05) is 40.2 Å². The summed E-state index contributed by atoms with van der Waals surface area (Å²) in [5.74, 6) is -0.102. The van der Waals surface area contributed by atoms with E-state index in [0.717, 1.165) is 42.5 Å². The van der Waals surface area contributed by atoms with Crippen molar-refractivity contribution >= 4 is 21.8 Å². The summed E-state index contributed by atoms with van der Waals surface area (Å²) >= 11 is 3.46. The molecule has 1 aliphatic heterocycles. The Labute approximate surface area is 162 Å². The predicted molar refractivity (Wildman–Crippen MR) is 105 cm³/mol. The predicted octanol–water partition coefficient (Wildman–Crippen LogP) is 4.68. The van der Waals surface area contributed by atoms with Crippen LogP contribution >= 0.6 is 15.9 Å². The standard InChI is InChI=1S/C21H24BrFN2O/c1-15(17-4-8-20(23)9-5-17)24-21(26)18-10-12-25(13-11-18)14-16-2-6-19(22)7-3-16/h2-9,15,18H,10-14H2,1H3,(H,24,26). The SMILES string of the molecule is CC(NC(=O)C1CCN(Cc2ccc(Br)cc2)CC1)c1ccc(F)cc1. The van der Waals surface area contributed by atoms with Gasteiger partial charge in [-0.15, -0.1) is 0 Å². The molecule has 0 spiro atoms. The first-order valence-electron chi connectivity index (χ1n) is 9.04. The number of benzene rings is 2. The normalized spacial score (nSPS) is 17.0. The topological polar surface area (TPSA) is 32.3 Å². The molecular weight excluding hydrogens is 395 g/mol. The molecule has 0 aliphatic carbocycles. The van der Waals surface area contributed by atoms with Crippen molar-refractivity contribution in [2.45, 2.75) is 32.4 Å². The number of rotatable bonds is 5. The fraction of sp³-hybridized carbons (Fsp3) is 0.381. The summed E-state index contributed by atoms with van der Waals surface area (Å²) in [7, 11) is 0. The molecule has 1 aliphatic rings. The second-order valence-corrected chi connectivity index (χ2v) is 7.87. The van der Waals surface area contributed by atoms with Crippen molar-refractivity contribution in [1.29, 1.82) is 0 Å². The van der Waals surface area contributed by atoms with Gasteiger partial charge in [0.2, 0.25) is 5.91 Å². The van der Waals surface area contributed by atoms with Crippen LogP contribution in [0.15, 0.2) is 53.0 Å². The van der Waals surface area contributed by atoms with Crippen molar-refractivity contribution in [1.82, 2.24) is 10.2 Å². The minimum atomic E-state index is -0.259. The first kappa shape index (κ1) is 19.1. The summed E-state index contributed by atoms with van der Waals surface area (Å²) in [6.45, 7) is 4.72. The van der Waals surface area contributed by atoms with E-state index in [2.05, 4.69) is 50.4 Å². The molecule has 3 nitrogen and oxygen atoms in total. The number of likely N-dealkylation sites (tertiary alicyclic amines) is 1. The maximum Gasteiger partial charge on any atom is 0.223 e. The quantitative estimate of drug-likeness (QED) is 0.764. The van der Waals surface area contributed by atoms with Crippen molar-refractivity contribution in [2.24, 2.45) is 5.92 Å². The lowest BCUT2D eigenvalue weighted by molar-refractivity contribution is -0.127. The molecule has 2 aromatic carbocycles. The molecule has 1 heterocycles. The molecule has 138 valence electrons. The Kier molecular flexibility index (Phi) is 6.43. The van der Waals surface area contributed by atoms with E-state index in [1.165, 1.54) is 17.7 Å². The molecule has 26 heavy (non-hydrogen) atoms. The zero-order valence-corrected chi connectivity index (χ0v) is 16.5. The van der Waals surface area contributed by atoms with Crippen LogP contribution in [0.3, 0.4) is 0 Å². The largest absolute Gasteiger partial charge is 0.349 e. The van der Waals surface area contributed by atoms with Crippen LogP contribution in [0.2, 0.25) is 0 Å². The highest BCUT2D eigenvalue weighted by molar-refractivity contribution is 9.10. The van der Waals surface area contributed by atoms with E-state index < -0.39 is 0 Å². The summed E-state index contributed by atoms with van der Waals surface area (Å²) in [5.41, 5.74) is 2.22. The van der Waals surface area contributed by atoms with Crippen LogP contribution in [0.1, 0.15) is 36.9 Å². The monoisotopic (exact) mass is 418 g/mol. The van der Waals surface area contributed by atoms with Crippen LogP contribution < -0.4 is 5.32 Å². The molecule has 3 rings (SSSR count). The number of amides is 1. The zero-order chi connectivity index (χ0) is 18.5. The number of hydrogen-bond acceptors (Lipinski definition) is 2. The third kappa shape index (κ3) is 5.15. The molecule has 0 radical (unpaired) electrons. The van der Waals surface area contributed by atoms with Gasteiger partial charge in [0.1, 0.15) is 5.82 Å². The summed E-state index contributed by atoms with van der Waals surface area (Å²) in [5, 5.41) is 3.07. The number of halogens is 2. The minimum Gasteiger partial charge on any atom is -0.349 e. The molecule has 5 heteroatoms. The lowest BCUT2D eigenvalue weighted by atomic mass is 9.95. The van der Waals surface area contributed by atoms with E-state index in [0.29, 0.717) is 0 Å². The van der Waals surface area contributed by atoms with Gasteiger partial charge in [-0.05, 0) is 68.2 Å². The molecule has 1 N–H and O–H groups in total. The molecule has 0 bridgehead atoms. The van der Waals surface area contributed by atoms with Crippen LogP contribution in [-0.2, 0) is 11.3 Å².